The number of hydrogen-bond donors (Lipinski definition) is 1. The van der Waals surface area contributed by atoms with E-state index in [-0.39, 0.29) is 11.9 Å². The van der Waals surface area contributed by atoms with E-state index in [1.807, 2.05) is 12.1 Å². The summed E-state index contributed by atoms with van der Waals surface area (Å²) in [5, 5.41) is 3.36. The van der Waals surface area contributed by atoms with E-state index in [1.54, 1.807) is 13.8 Å². The van der Waals surface area contributed by atoms with Crippen molar-refractivity contribution in [1.29, 1.82) is 0 Å². The molecule has 0 spiro atoms. The van der Waals surface area contributed by atoms with Gasteiger partial charge in [0.25, 0.3) is 0 Å². The van der Waals surface area contributed by atoms with Gasteiger partial charge in [-0.15, -0.1) is 0 Å². The summed E-state index contributed by atoms with van der Waals surface area (Å²) < 4.78 is 18.8. The van der Waals surface area contributed by atoms with E-state index in [1.165, 1.54) is 0 Å². The van der Waals surface area contributed by atoms with Gasteiger partial charge in [0, 0.05) is 6.54 Å². The van der Waals surface area contributed by atoms with Gasteiger partial charge >= 0.3 is 0 Å². The van der Waals surface area contributed by atoms with Crippen LogP contribution in [0.1, 0.15) is 22.7 Å². The summed E-state index contributed by atoms with van der Waals surface area (Å²) >= 11 is 0. The van der Waals surface area contributed by atoms with Crippen LogP contribution >= 0.6 is 0 Å². The van der Waals surface area contributed by atoms with Crippen LogP contribution in [0.15, 0.2) is 12.1 Å². The van der Waals surface area contributed by atoms with E-state index in [2.05, 4.69) is 5.32 Å². The van der Waals surface area contributed by atoms with Crippen molar-refractivity contribution in [1.82, 2.24) is 5.32 Å². The molecule has 1 aromatic rings. The number of hydrogen-bond acceptors (Lipinski definition) is 2. The van der Waals surface area contributed by atoms with Gasteiger partial charge in [0.2, 0.25) is 0 Å². The lowest BCUT2D eigenvalue weighted by Gasteiger charge is -2.24. The Labute approximate surface area is 89.4 Å². The molecule has 0 aromatic heterocycles. The number of rotatable bonds is 1. The van der Waals surface area contributed by atoms with Gasteiger partial charge in [-0.2, -0.15) is 0 Å². The van der Waals surface area contributed by atoms with E-state index in [4.69, 9.17) is 4.74 Å². The van der Waals surface area contributed by atoms with E-state index in [0.29, 0.717) is 17.7 Å². The van der Waals surface area contributed by atoms with Gasteiger partial charge in [0.05, 0.1) is 19.3 Å². The summed E-state index contributed by atoms with van der Waals surface area (Å²) in [6.45, 7) is 5.89. The predicted molar refractivity (Wildman–Crippen MR) is 57.4 cm³/mol. The van der Waals surface area contributed by atoms with E-state index >= 15 is 0 Å². The van der Waals surface area contributed by atoms with Gasteiger partial charge in [0.1, 0.15) is 5.82 Å². The Morgan fingerprint density at radius 3 is 2.53 bits per heavy atom. The minimum atomic E-state index is -0.101. The lowest BCUT2D eigenvalue weighted by molar-refractivity contribution is 0.0768. The van der Waals surface area contributed by atoms with Gasteiger partial charge in [0.15, 0.2) is 0 Å². The van der Waals surface area contributed by atoms with Gasteiger partial charge < -0.3 is 10.1 Å². The van der Waals surface area contributed by atoms with Crippen molar-refractivity contribution < 1.29 is 9.13 Å². The highest BCUT2D eigenvalue weighted by atomic mass is 19.1. The molecule has 0 radical (unpaired) electrons. The molecule has 0 saturated carbocycles. The Balaban J connectivity index is 2.27. The molecule has 0 bridgehead atoms. The highest BCUT2D eigenvalue weighted by molar-refractivity contribution is 5.32. The second-order valence-electron chi connectivity index (χ2n) is 4.05. The molecule has 15 heavy (non-hydrogen) atoms. The Kier molecular flexibility index (Phi) is 3.03. The molecule has 82 valence electrons. The zero-order valence-corrected chi connectivity index (χ0v) is 9.14. The molecule has 1 fully saturated rings. The van der Waals surface area contributed by atoms with Crippen LogP contribution in [-0.4, -0.2) is 19.8 Å². The molecule has 1 N–H and O–H groups in total. The maximum atomic E-state index is 13.4. The average Bonchev–Trinajstić information content (AvgIpc) is 2.26. The topological polar surface area (TPSA) is 21.3 Å². The average molecular weight is 209 g/mol. The molecule has 2 nitrogen and oxygen atoms in total. The first-order chi connectivity index (χ1) is 7.18. The fraction of sp³-hybridized carbons (Fsp3) is 0.500. The van der Waals surface area contributed by atoms with E-state index < -0.39 is 0 Å². The molecule has 1 unspecified atom stereocenters. The Morgan fingerprint density at radius 1 is 1.33 bits per heavy atom. The van der Waals surface area contributed by atoms with Gasteiger partial charge in [-0.3, -0.25) is 0 Å². The normalized spacial score (nSPS) is 21.7. The van der Waals surface area contributed by atoms with Crippen LogP contribution in [0.3, 0.4) is 0 Å². The first kappa shape index (κ1) is 10.6. The van der Waals surface area contributed by atoms with Crippen molar-refractivity contribution in [3.05, 3.63) is 34.6 Å². The molecule has 1 atom stereocenters. The van der Waals surface area contributed by atoms with Crippen molar-refractivity contribution >= 4 is 0 Å². The smallest absolute Gasteiger partial charge is 0.129 e. The minimum Gasteiger partial charge on any atom is -0.378 e. The van der Waals surface area contributed by atoms with Crippen LogP contribution in [-0.2, 0) is 4.74 Å². The highest BCUT2D eigenvalue weighted by Crippen LogP contribution is 2.21. The Bertz CT molecular complexity index is 336. The lowest BCUT2D eigenvalue weighted by Crippen LogP contribution is -2.34. The monoisotopic (exact) mass is 209 g/mol. The summed E-state index contributed by atoms with van der Waals surface area (Å²) in [5.74, 6) is -0.101. The van der Waals surface area contributed by atoms with Crippen molar-refractivity contribution in [2.24, 2.45) is 0 Å². The fourth-order valence-corrected chi connectivity index (χ4v) is 1.96. The van der Waals surface area contributed by atoms with Crippen LogP contribution in [0.2, 0.25) is 0 Å². The van der Waals surface area contributed by atoms with Crippen molar-refractivity contribution in [3.8, 4) is 0 Å². The zero-order valence-electron chi connectivity index (χ0n) is 9.14. The standard InChI is InChI=1S/C12H16FNO/c1-8-5-10(6-9(2)12(8)13)11-7-15-4-3-14-11/h5-6,11,14H,3-4,7H2,1-2H3. The number of aryl methyl sites for hydroxylation is 2. The van der Waals surface area contributed by atoms with Crippen molar-refractivity contribution in [3.63, 3.8) is 0 Å². The first-order valence-corrected chi connectivity index (χ1v) is 5.26. The Hall–Kier alpha value is -0.930. The molecule has 0 aliphatic carbocycles. The molecule has 1 aromatic carbocycles. The number of ether oxygens (including phenoxy) is 1. The third-order valence-electron chi connectivity index (χ3n) is 2.78. The summed E-state index contributed by atoms with van der Waals surface area (Å²) in [6.07, 6.45) is 0. The van der Waals surface area contributed by atoms with Crippen LogP contribution in [0.25, 0.3) is 0 Å². The predicted octanol–water partition coefficient (Wildman–Crippen LogP) is 2.10. The van der Waals surface area contributed by atoms with Crippen LogP contribution in [0, 0.1) is 19.7 Å². The minimum absolute atomic E-state index is 0.101. The number of halogens is 1. The molecule has 0 amide bonds. The molecule has 2 rings (SSSR count). The summed E-state index contributed by atoms with van der Waals surface area (Å²) in [7, 11) is 0. The summed E-state index contributed by atoms with van der Waals surface area (Å²) in [4.78, 5) is 0. The molecule has 1 heterocycles. The molecule has 1 aliphatic rings. The lowest BCUT2D eigenvalue weighted by atomic mass is 10.0. The Morgan fingerprint density at radius 2 is 2.00 bits per heavy atom. The summed E-state index contributed by atoms with van der Waals surface area (Å²) in [5.41, 5.74) is 2.53. The van der Waals surface area contributed by atoms with Gasteiger partial charge in [-0.25, -0.2) is 4.39 Å². The zero-order chi connectivity index (χ0) is 10.8. The molecular weight excluding hydrogens is 193 g/mol. The quantitative estimate of drug-likeness (QED) is 0.764. The molecular formula is C12H16FNO. The van der Waals surface area contributed by atoms with Crippen LogP contribution < -0.4 is 5.32 Å². The second kappa shape index (κ2) is 4.29. The SMILES string of the molecule is Cc1cc(C2COCCN2)cc(C)c1F. The number of nitrogens with one attached hydrogen (secondary N) is 1. The molecule has 1 saturated heterocycles. The third kappa shape index (κ3) is 2.19. The van der Waals surface area contributed by atoms with E-state index in [9.17, 15) is 4.39 Å². The molecule has 1 aliphatic heterocycles. The number of benzene rings is 1. The maximum absolute atomic E-state index is 13.4. The first-order valence-electron chi connectivity index (χ1n) is 5.26. The largest absolute Gasteiger partial charge is 0.378 e. The molecule has 3 heteroatoms. The van der Waals surface area contributed by atoms with Crippen molar-refractivity contribution in [2.75, 3.05) is 19.8 Å². The third-order valence-corrected chi connectivity index (χ3v) is 2.78. The second-order valence-corrected chi connectivity index (χ2v) is 4.05. The van der Waals surface area contributed by atoms with E-state index in [0.717, 1.165) is 18.7 Å². The van der Waals surface area contributed by atoms with Crippen LogP contribution in [0.5, 0.6) is 0 Å². The van der Waals surface area contributed by atoms with Crippen LogP contribution in [0.4, 0.5) is 4.39 Å². The summed E-state index contributed by atoms with van der Waals surface area (Å²) in [6, 6.07) is 4.00. The number of morpholine rings is 1. The van der Waals surface area contributed by atoms with Gasteiger partial charge in [-0.05, 0) is 30.5 Å². The maximum Gasteiger partial charge on any atom is 0.129 e. The highest BCUT2D eigenvalue weighted by Gasteiger charge is 2.16. The van der Waals surface area contributed by atoms with Crippen molar-refractivity contribution in [2.45, 2.75) is 19.9 Å². The van der Waals surface area contributed by atoms with Gasteiger partial charge in [-0.1, -0.05) is 12.1 Å². The fourth-order valence-electron chi connectivity index (χ4n) is 1.96.